The Balaban J connectivity index is 2.46. The molecule has 0 aromatic heterocycles. The highest BCUT2D eigenvalue weighted by Crippen LogP contribution is 2.37. The minimum atomic E-state index is -0.217. The van der Waals surface area contributed by atoms with Gasteiger partial charge >= 0.3 is 0 Å². The zero-order valence-electron chi connectivity index (χ0n) is 11.5. The second-order valence-corrected chi connectivity index (χ2v) is 5.97. The second kappa shape index (κ2) is 4.11. The molecule has 1 aromatic carbocycles. The minimum Gasteiger partial charge on any atom is -0.375 e. The van der Waals surface area contributed by atoms with E-state index in [4.69, 9.17) is 9.47 Å². The number of hydrogen-bond acceptors (Lipinski definition) is 2. The van der Waals surface area contributed by atoms with E-state index in [1.165, 1.54) is 16.7 Å². The van der Waals surface area contributed by atoms with E-state index in [9.17, 15) is 0 Å². The van der Waals surface area contributed by atoms with Crippen LogP contribution in [0, 0.1) is 6.92 Å². The quantitative estimate of drug-likeness (QED) is 0.782. The summed E-state index contributed by atoms with van der Waals surface area (Å²) in [4.78, 5) is 0. The lowest BCUT2D eigenvalue weighted by Crippen LogP contribution is -2.48. The van der Waals surface area contributed by atoms with Crippen molar-refractivity contribution in [2.24, 2.45) is 0 Å². The summed E-state index contributed by atoms with van der Waals surface area (Å²) in [6.45, 7) is 10.2. The first kappa shape index (κ1) is 12.6. The molecule has 1 saturated heterocycles. The molecule has 0 spiro atoms. The van der Waals surface area contributed by atoms with E-state index in [2.05, 4.69) is 45.9 Å². The molecule has 1 aliphatic rings. The Morgan fingerprint density at radius 2 is 1.88 bits per heavy atom. The van der Waals surface area contributed by atoms with Crippen molar-refractivity contribution in [1.29, 1.82) is 0 Å². The van der Waals surface area contributed by atoms with Crippen LogP contribution in [0.15, 0.2) is 18.2 Å². The van der Waals surface area contributed by atoms with Gasteiger partial charge in [-0.1, -0.05) is 39.0 Å². The van der Waals surface area contributed by atoms with Crippen LogP contribution in [0.2, 0.25) is 0 Å². The van der Waals surface area contributed by atoms with Gasteiger partial charge in [0.15, 0.2) is 0 Å². The summed E-state index contributed by atoms with van der Waals surface area (Å²) in [6.07, 6.45) is 0. The van der Waals surface area contributed by atoms with Crippen molar-refractivity contribution in [3.63, 3.8) is 0 Å². The van der Waals surface area contributed by atoms with Gasteiger partial charge in [0, 0.05) is 7.11 Å². The number of benzene rings is 1. The van der Waals surface area contributed by atoms with Gasteiger partial charge in [-0.3, -0.25) is 0 Å². The molecule has 2 rings (SSSR count). The lowest BCUT2D eigenvalue weighted by atomic mass is 9.81. The largest absolute Gasteiger partial charge is 0.375 e. The maximum atomic E-state index is 5.68. The minimum absolute atomic E-state index is 0.169. The molecule has 0 N–H and O–H groups in total. The third-order valence-electron chi connectivity index (χ3n) is 3.66. The predicted octanol–water partition coefficient (Wildman–Crippen LogP) is 3.16. The maximum absolute atomic E-state index is 5.68. The first-order valence-corrected chi connectivity index (χ1v) is 6.13. The van der Waals surface area contributed by atoms with E-state index in [0.29, 0.717) is 13.2 Å². The fourth-order valence-corrected chi connectivity index (χ4v) is 2.25. The van der Waals surface area contributed by atoms with Crippen molar-refractivity contribution >= 4 is 0 Å². The average molecular weight is 234 g/mol. The molecule has 0 amide bonds. The van der Waals surface area contributed by atoms with E-state index in [1.807, 2.05) is 0 Å². The third kappa shape index (κ3) is 2.12. The summed E-state index contributed by atoms with van der Waals surface area (Å²) >= 11 is 0. The van der Waals surface area contributed by atoms with Gasteiger partial charge in [0.05, 0.1) is 13.2 Å². The Morgan fingerprint density at radius 3 is 2.29 bits per heavy atom. The molecule has 1 aromatic rings. The van der Waals surface area contributed by atoms with Crippen molar-refractivity contribution in [3.05, 3.63) is 34.9 Å². The van der Waals surface area contributed by atoms with Crippen LogP contribution in [0.5, 0.6) is 0 Å². The molecular weight excluding hydrogens is 212 g/mol. The predicted molar refractivity (Wildman–Crippen MR) is 69.4 cm³/mol. The Hall–Kier alpha value is -0.860. The number of rotatable bonds is 2. The van der Waals surface area contributed by atoms with E-state index in [-0.39, 0.29) is 11.0 Å². The average Bonchev–Trinajstić information content (AvgIpc) is 2.18. The summed E-state index contributed by atoms with van der Waals surface area (Å²) in [5, 5.41) is 0. The standard InChI is InChI=1S/C15H22O2/c1-11-6-7-12(14(2,3)4)8-13(11)15(16-5)9-17-10-15/h6-8H,9-10H2,1-5H3. The van der Waals surface area contributed by atoms with Gasteiger partial charge in [-0.25, -0.2) is 0 Å². The summed E-state index contributed by atoms with van der Waals surface area (Å²) in [5.41, 5.74) is 3.86. The highest BCUT2D eigenvalue weighted by atomic mass is 16.6. The Kier molecular flexibility index (Phi) is 3.04. The summed E-state index contributed by atoms with van der Waals surface area (Å²) in [6, 6.07) is 6.68. The lowest BCUT2D eigenvalue weighted by molar-refractivity contribution is -0.202. The lowest BCUT2D eigenvalue weighted by Gasteiger charge is -2.41. The molecule has 0 saturated carbocycles. The van der Waals surface area contributed by atoms with E-state index >= 15 is 0 Å². The van der Waals surface area contributed by atoms with Crippen LogP contribution in [-0.2, 0) is 20.5 Å². The topological polar surface area (TPSA) is 18.5 Å². The first-order chi connectivity index (χ1) is 7.89. The Bertz CT molecular complexity index is 406. The second-order valence-electron chi connectivity index (χ2n) is 5.97. The van der Waals surface area contributed by atoms with Gasteiger partial charge in [-0.2, -0.15) is 0 Å². The van der Waals surface area contributed by atoms with Gasteiger partial charge < -0.3 is 9.47 Å². The molecule has 0 unspecified atom stereocenters. The molecule has 0 radical (unpaired) electrons. The zero-order chi connectivity index (χ0) is 12.7. The van der Waals surface area contributed by atoms with E-state index in [0.717, 1.165) is 0 Å². The molecular formula is C15H22O2. The zero-order valence-corrected chi connectivity index (χ0v) is 11.5. The van der Waals surface area contributed by atoms with Gasteiger partial charge in [0.1, 0.15) is 5.60 Å². The molecule has 0 atom stereocenters. The first-order valence-electron chi connectivity index (χ1n) is 6.13. The monoisotopic (exact) mass is 234 g/mol. The van der Waals surface area contributed by atoms with E-state index < -0.39 is 0 Å². The van der Waals surface area contributed by atoms with Crippen LogP contribution in [0.3, 0.4) is 0 Å². The summed E-state index contributed by atoms with van der Waals surface area (Å²) < 4.78 is 11.0. The summed E-state index contributed by atoms with van der Waals surface area (Å²) in [5.74, 6) is 0. The highest BCUT2D eigenvalue weighted by Gasteiger charge is 2.42. The Morgan fingerprint density at radius 1 is 1.24 bits per heavy atom. The molecule has 0 bridgehead atoms. The van der Waals surface area contributed by atoms with Crippen molar-refractivity contribution in [2.75, 3.05) is 20.3 Å². The van der Waals surface area contributed by atoms with Crippen LogP contribution >= 0.6 is 0 Å². The molecule has 94 valence electrons. The third-order valence-corrected chi connectivity index (χ3v) is 3.66. The van der Waals surface area contributed by atoms with Crippen LogP contribution in [0.25, 0.3) is 0 Å². The highest BCUT2D eigenvalue weighted by molar-refractivity contribution is 5.39. The van der Waals surface area contributed by atoms with Crippen LogP contribution in [0.1, 0.15) is 37.5 Å². The van der Waals surface area contributed by atoms with E-state index in [1.54, 1.807) is 7.11 Å². The molecule has 17 heavy (non-hydrogen) atoms. The van der Waals surface area contributed by atoms with Crippen molar-refractivity contribution < 1.29 is 9.47 Å². The fraction of sp³-hybridized carbons (Fsp3) is 0.600. The molecule has 0 aliphatic carbocycles. The maximum Gasteiger partial charge on any atom is 0.139 e. The molecule has 1 fully saturated rings. The van der Waals surface area contributed by atoms with Gasteiger partial charge in [-0.05, 0) is 29.0 Å². The van der Waals surface area contributed by atoms with Crippen LogP contribution in [-0.4, -0.2) is 20.3 Å². The summed E-state index contributed by atoms with van der Waals surface area (Å²) in [7, 11) is 1.77. The number of methoxy groups -OCH3 is 1. The number of hydrogen-bond donors (Lipinski definition) is 0. The molecule has 2 nitrogen and oxygen atoms in total. The number of aryl methyl sites for hydroxylation is 1. The fourth-order valence-electron chi connectivity index (χ4n) is 2.25. The van der Waals surface area contributed by atoms with Crippen LogP contribution < -0.4 is 0 Å². The molecule has 1 heterocycles. The molecule has 1 aliphatic heterocycles. The normalized spacial score (nSPS) is 18.9. The van der Waals surface area contributed by atoms with Crippen molar-refractivity contribution in [1.82, 2.24) is 0 Å². The van der Waals surface area contributed by atoms with Gasteiger partial charge in [0.25, 0.3) is 0 Å². The molecule has 2 heteroatoms. The smallest absolute Gasteiger partial charge is 0.139 e. The Labute approximate surface area is 104 Å². The SMILES string of the molecule is COC1(c2cc(C(C)(C)C)ccc2C)COC1. The van der Waals surface area contributed by atoms with Gasteiger partial charge in [0.2, 0.25) is 0 Å². The number of ether oxygens (including phenoxy) is 2. The van der Waals surface area contributed by atoms with Crippen molar-refractivity contribution in [3.8, 4) is 0 Å². The van der Waals surface area contributed by atoms with Gasteiger partial charge in [-0.15, -0.1) is 0 Å². The van der Waals surface area contributed by atoms with Crippen LogP contribution in [0.4, 0.5) is 0 Å². The van der Waals surface area contributed by atoms with Crippen molar-refractivity contribution in [2.45, 2.75) is 38.7 Å².